The van der Waals surface area contributed by atoms with Crippen molar-refractivity contribution in [1.82, 2.24) is 14.3 Å². The molecule has 1 aliphatic heterocycles. The van der Waals surface area contributed by atoms with Gasteiger partial charge in [0.2, 0.25) is 11.0 Å². The van der Waals surface area contributed by atoms with Gasteiger partial charge in [-0.3, -0.25) is 4.79 Å². The number of nitrogens with zero attached hydrogens (tertiary/aromatic N) is 4. The Morgan fingerprint density at radius 3 is 2.67 bits per heavy atom. The number of anilines is 1. The highest BCUT2D eigenvalue weighted by Gasteiger charge is 2.36. The summed E-state index contributed by atoms with van der Waals surface area (Å²) in [6.07, 6.45) is 4.84. The Bertz CT molecular complexity index is 480. The van der Waals surface area contributed by atoms with E-state index in [2.05, 4.69) is 14.3 Å². The third-order valence-electron chi connectivity index (χ3n) is 3.89. The Hall–Kier alpha value is -1.17. The Morgan fingerprint density at radius 2 is 2.00 bits per heavy atom. The van der Waals surface area contributed by atoms with Crippen molar-refractivity contribution >= 4 is 22.6 Å². The summed E-state index contributed by atoms with van der Waals surface area (Å²) in [6.45, 7) is 2.24. The molecular weight excluding hydrogens is 248 g/mol. The third-order valence-corrected chi connectivity index (χ3v) is 4.68. The van der Waals surface area contributed by atoms with E-state index in [1.54, 1.807) is 0 Å². The number of carbonyl (C=O) groups excluding carboxylic acids is 1. The van der Waals surface area contributed by atoms with Gasteiger partial charge in [-0.2, -0.15) is 4.37 Å². The van der Waals surface area contributed by atoms with Crippen LogP contribution in [-0.2, 0) is 4.79 Å². The molecule has 0 unspecified atom stereocenters. The summed E-state index contributed by atoms with van der Waals surface area (Å²) >= 11 is 1.45. The molecule has 0 radical (unpaired) electrons. The van der Waals surface area contributed by atoms with Crippen molar-refractivity contribution in [2.45, 2.75) is 37.6 Å². The summed E-state index contributed by atoms with van der Waals surface area (Å²) in [7, 11) is 0. The number of aromatic nitrogens is 2. The SMILES string of the molecule is O=C1CN(c2nc(C3CC3)ns2)CCN1C1CC1. The predicted molar refractivity (Wildman–Crippen MR) is 68.8 cm³/mol. The smallest absolute Gasteiger partial charge is 0.242 e. The molecule has 0 N–H and O–H groups in total. The van der Waals surface area contributed by atoms with E-state index >= 15 is 0 Å². The molecule has 18 heavy (non-hydrogen) atoms. The van der Waals surface area contributed by atoms with Crippen LogP contribution in [0.25, 0.3) is 0 Å². The van der Waals surface area contributed by atoms with E-state index in [1.165, 1.54) is 37.2 Å². The molecule has 3 aliphatic rings. The van der Waals surface area contributed by atoms with Crippen molar-refractivity contribution in [1.29, 1.82) is 0 Å². The second-order valence-corrected chi connectivity index (χ2v) is 6.18. The van der Waals surface area contributed by atoms with Gasteiger partial charge in [-0.05, 0) is 25.7 Å². The largest absolute Gasteiger partial charge is 0.336 e. The Labute approximate surface area is 110 Å². The molecule has 96 valence electrons. The maximum atomic E-state index is 12.1. The summed E-state index contributed by atoms with van der Waals surface area (Å²) in [4.78, 5) is 20.8. The minimum absolute atomic E-state index is 0.256. The van der Waals surface area contributed by atoms with Gasteiger partial charge >= 0.3 is 0 Å². The molecule has 1 aromatic rings. The highest BCUT2D eigenvalue weighted by Crippen LogP contribution is 2.40. The molecule has 3 fully saturated rings. The van der Waals surface area contributed by atoms with Crippen LogP contribution >= 0.6 is 11.5 Å². The van der Waals surface area contributed by atoms with Gasteiger partial charge in [-0.1, -0.05) is 0 Å². The molecule has 2 heterocycles. The summed E-state index contributed by atoms with van der Waals surface area (Å²) in [5.74, 6) is 1.84. The summed E-state index contributed by atoms with van der Waals surface area (Å²) in [5.41, 5.74) is 0. The van der Waals surface area contributed by atoms with Gasteiger partial charge in [0.25, 0.3) is 0 Å². The van der Waals surface area contributed by atoms with Gasteiger partial charge in [0.05, 0.1) is 6.54 Å². The molecule has 2 aliphatic carbocycles. The first-order chi connectivity index (χ1) is 8.81. The predicted octanol–water partition coefficient (Wildman–Crippen LogP) is 1.23. The van der Waals surface area contributed by atoms with Gasteiger partial charge < -0.3 is 9.80 Å². The first-order valence-corrected chi connectivity index (χ1v) is 7.46. The normalized spacial score (nSPS) is 24.8. The zero-order valence-electron chi connectivity index (χ0n) is 10.2. The van der Waals surface area contributed by atoms with Crippen molar-refractivity contribution in [3.8, 4) is 0 Å². The Balaban J connectivity index is 1.46. The van der Waals surface area contributed by atoms with Crippen molar-refractivity contribution in [2.24, 2.45) is 0 Å². The molecule has 2 saturated carbocycles. The van der Waals surface area contributed by atoms with Gasteiger partial charge in [-0.15, -0.1) is 0 Å². The van der Waals surface area contributed by atoms with Gasteiger partial charge in [0.1, 0.15) is 5.82 Å². The van der Waals surface area contributed by atoms with E-state index in [4.69, 9.17) is 0 Å². The van der Waals surface area contributed by atoms with Crippen molar-refractivity contribution in [3.63, 3.8) is 0 Å². The molecule has 4 rings (SSSR count). The first kappa shape index (κ1) is 10.7. The molecule has 1 aromatic heterocycles. The molecule has 5 nitrogen and oxygen atoms in total. The average molecular weight is 264 g/mol. The van der Waals surface area contributed by atoms with Crippen LogP contribution in [0.5, 0.6) is 0 Å². The molecule has 1 amide bonds. The summed E-state index contributed by atoms with van der Waals surface area (Å²) in [6, 6.07) is 0.538. The van der Waals surface area contributed by atoms with Crippen LogP contribution in [0.15, 0.2) is 0 Å². The highest BCUT2D eigenvalue weighted by atomic mass is 32.1. The Morgan fingerprint density at radius 1 is 1.17 bits per heavy atom. The van der Waals surface area contributed by atoms with Gasteiger partial charge in [0, 0.05) is 36.6 Å². The van der Waals surface area contributed by atoms with Crippen molar-refractivity contribution in [3.05, 3.63) is 5.82 Å². The van der Waals surface area contributed by atoms with Crippen LogP contribution in [-0.4, -0.2) is 45.8 Å². The van der Waals surface area contributed by atoms with E-state index in [1.807, 2.05) is 4.90 Å². The van der Waals surface area contributed by atoms with Crippen LogP contribution in [0.3, 0.4) is 0 Å². The van der Waals surface area contributed by atoms with Crippen LogP contribution < -0.4 is 4.90 Å². The molecule has 0 spiro atoms. The minimum Gasteiger partial charge on any atom is -0.336 e. The highest BCUT2D eigenvalue weighted by molar-refractivity contribution is 7.09. The van der Waals surface area contributed by atoms with E-state index in [9.17, 15) is 4.79 Å². The molecule has 0 atom stereocenters. The standard InChI is InChI=1S/C12H16N4OS/c17-10-7-15(5-6-16(10)9-3-4-9)12-13-11(14-18-12)8-1-2-8/h8-9H,1-7H2. The van der Waals surface area contributed by atoms with Crippen LogP contribution in [0.4, 0.5) is 5.13 Å². The molecule has 0 aromatic carbocycles. The number of carbonyl (C=O) groups is 1. The lowest BCUT2D eigenvalue weighted by atomic mass is 10.3. The van der Waals surface area contributed by atoms with Gasteiger partial charge in [-0.25, -0.2) is 4.98 Å². The molecule has 1 saturated heterocycles. The van der Waals surface area contributed by atoms with E-state index < -0.39 is 0 Å². The fourth-order valence-corrected chi connectivity index (χ4v) is 3.25. The molecule has 0 bridgehead atoms. The lowest BCUT2D eigenvalue weighted by Gasteiger charge is -2.34. The second kappa shape index (κ2) is 3.91. The zero-order valence-corrected chi connectivity index (χ0v) is 11.0. The fraction of sp³-hybridized carbons (Fsp3) is 0.750. The number of rotatable bonds is 3. The quantitative estimate of drug-likeness (QED) is 0.824. The van der Waals surface area contributed by atoms with E-state index in [0.29, 0.717) is 18.5 Å². The fourth-order valence-electron chi connectivity index (χ4n) is 2.48. The number of hydrogen-bond donors (Lipinski definition) is 0. The van der Waals surface area contributed by atoms with E-state index in [-0.39, 0.29) is 5.91 Å². The monoisotopic (exact) mass is 264 g/mol. The Kier molecular flexibility index (Phi) is 2.33. The minimum atomic E-state index is 0.256. The second-order valence-electron chi connectivity index (χ2n) is 5.45. The summed E-state index contributed by atoms with van der Waals surface area (Å²) in [5, 5.41) is 0.931. The van der Waals surface area contributed by atoms with Crippen LogP contribution in [0.1, 0.15) is 37.4 Å². The number of hydrogen-bond acceptors (Lipinski definition) is 5. The topological polar surface area (TPSA) is 49.3 Å². The number of amides is 1. The van der Waals surface area contributed by atoms with Crippen molar-refractivity contribution in [2.75, 3.05) is 24.5 Å². The summed E-state index contributed by atoms with van der Waals surface area (Å²) < 4.78 is 4.41. The zero-order chi connectivity index (χ0) is 12.1. The van der Waals surface area contributed by atoms with Gasteiger partial charge in [0.15, 0.2) is 0 Å². The van der Waals surface area contributed by atoms with Crippen LogP contribution in [0, 0.1) is 0 Å². The molecular formula is C12H16N4OS. The lowest BCUT2D eigenvalue weighted by Crippen LogP contribution is -2.51. The van der Waals surface area contributed by atoms with Crippen LogP contribution in [0.2, 0.25) is 0 Å². The molecule has 6 heteroatoms. The third kappa shape index (κ3) is 1.88. The first-order valence-electron chi connectivity index (χ1n) is 6.69. The lowest BCUT2D eigenvalue weighted by molar-refractivity contribution is -0.131. The van der Waals surface area contributed by atoms with Crippen molar-refractivity contribution < 1.29 is 4.79 Å². The van der Waals surface area contributed by atoms with E-state index in [0.717, 1.165) is 24.0 Å². The average Bonchev–Trinajstić information content (AvgIpc) is 3.29. The number of piperazine rings is 1. The maximum absolute atomic E-state index is 12.1. The maximum Gasteiger partial charge on any atom is 0.242 e.